The second-order valence-corrected chi connectivity index (χ2v) is 9.98. The standard InChI is InChI=1S/C27H36ClN5O2/c1-16-23(34-5)15-24(35-6)26(28)25(16)17-7-9-20-22(13-17)30-31-27(20)19-10-8-18(14-21(19)29)33(4)12-11-32(2)3/h8,10,14-15,17H,7,9,11-13,29H2,1-6H3,(H,30,31). The molecule has 1 heterocycles. The molecule has 0 saturated carbocycles. The number of methoxy groups -OCH3 is 2. The van der Waals surface area contributed by atoms with Crippen molar-refractivity contribution < 1.29 is 9.47 Å². The summed E-state index contributed by atoms with van der Waals surface area (Å²) in [7, 11) is 9.56. The van der Waals surface area contributed by atoms with Crippen LogP contribution in [0.3, 0.4) is 0 Å². The van der Waals surface area contributed by atoms with Crippen LogP contribution in [0, 0.1) is 6.92 Å². The number of halogens is 1. The lowest BCUT2D eigenvalue weighted by Crippen LogP contribution is -2.28. The highest BCUT2D eigenvalue weighted by atomic mass is 35.5. The number of rotatable bonds is 8. The van der Waals surface area contributed by atoms with Crippen molar-refractivity contribution in [1.29, 1.82) is 0 Å². The molecule has 1 aromatic heterocycles. The van der Waals surface area contributed by atoms with Gasteiger partial charge in [0.2, 0.25) is 0 Å². The molecule has 0 spiro atoms. The van der Waals surface area contributed by atoms with Gasteiger partial charge in [0.1, 0.15) is 11.5 Å². The van der Waals surface area contributed by atoms with Crippen LogP contribution in [-0.2, 0) is 12.8 Å². The van der Waals surface area contributed by atoms with Crippen LogP contribution in [0.15, 0.2) is 24.3 Å². The third-order valence-electron chi connectivity index (χ3n) is 7.10. The second-order valence-electron chi connectivity index (χ2n) is 9.60. The Balaban J connectivity index is 1.60. The predicted octanol–water partition coefficient (Wildman–Crippen LogP) is 4.91. The van der Waals surface area contributed by atoms with Crippen molar-refractivity contribution >= 4 is 23.0 Å². The van der Waals surface area contributed by atoms with Crippen molar-refractivity contribution in [1.82, 2.24) is 15.1 Å². The number of nitrogens with one attached hydrogen (secondary N) is 1. The Morgan fingerprint density at radius 2 is 1.86 bits per heavy atom. The zero-order chi connectivity index (χ0) is 25.3. The molecule has 0 radical (unpaired) electrons. The molecule has 1 atom stereocenters. The van der Waals surface area contributed by atoms with E-state index in [4.69, 9.17) is 31.9 Å². The Kier molecular flexibility index (Phi) is 7.47. The Hall–Kier alpha value is -2.90. The van der Waals surface area contributed by atoms with Gasteiger partial charge in [-0.15, -0.1) is 0 Å². The summed E-state index contributed by atoms with van der Waals surface area (Å²) in [6.07, 6.45) is 2.68. The third-order valence-corrected chi connectivity index (χ3v) is 7.49. The number of nitrogens with two attached hydrogens (primary N) is 1. The number of nitrogens with zero attached hydrogens (tertiary/aromatic N) is 3. The summed E-state index contributed by atoms with van der Waals surface area (Å²) in [6, 6.07) is 8.12. The SMILES string of the molecule is COc1cc(OC)c(Cl)c(C2CCc3c(-c4ccc(N(C)CCN(C)C)cc4N)n[nH]c3C2)c1C. The lowest BCUT2D eigenvalue weighted by atomic mass is 9.80. The van der Waals surface area contributed by atoms with Crippen LogP contribution in [-0.4, -0.2) is 63.5 Å². The summed E-state index contributed by atoms with van der Waals surface area (Å²) >= 11 is 6.78. The van der Waals surface area contributed by atoms with E-state index in [1.54, 1.807) is 14.2 Å². The van der Waals surface area contributed by atoms with Gasteiger partial charge in [-0.2, -0.15) is 5.10 Å². The number of aromatic amines is 1. The maximum absolute atomic E-state index is 6.78. The molecule has 1 aliphatic carbocycles. The fraction of sp³-hybridized carbons (Fsp3) is 0.444. The van der Waals surface area contributed by atoms with Crippen molar-refractivity contribution in [2.45, 2.75) is 32.1 Å². The molecule has 0 aliphatic heterocycles. The van der Waals surface area contributed by atoms with E-state index in [2.05, 4.69) is 55.1 Å². The molecule has 1 unspecified atom stereocenters. The fourth-order valence-electron chi connectivity index (χ4n) is 5.02. The van der Waals surface area contributed by atoms with Crippen molar-refractivity contribution in [3.63, 3.8) is 0 Å². The summed E-state index contributed by atoms with van der Waals surface area (Å²) in [6.45, 7) is 3.97. The zero-order valence-electron chi connectivity index (χ0n) is 21.5. The molecule has 0 fully saturated rings. The van der Waals surface area contributed by atoms with Crippen molar-refractivity contribution in [3.8, 4) is 22.8 Å². The summed E-state index contributed by atoms with van der Waals surface area (Å²) in [5.41, 5.74) is 14.8. The minimum absolute atomic E-state index is 0.248. The van der Waals surface area contributed by atoms with Crippen LogP contribution < -0.4 is 20.1 Å². The zero-order valence-corrected chi connectivity index (χ0v) is 22.3. The molecule has 35 heavy (non-hydrogen) atoms. The van der Waals surface area contributed by atoms with Gasteiger partial charge in [-0.05, 0) is 75.5 Å². The molecular formula is C27H36ClN5O2. The van der Waals surface area contributed by atoms with Gasteiger partial charge in [0.25, 0.3) is 0 Å². The topological polar surface area (TPSA) is 79.6 Å². The number of nitrogen functional groups attached to an aromatic ring is 1. The van der Waals surface area contributed by atoms with Crippen molar-refractivity contribution in [2.75, 3.05) is 59.1 Å². The molecule has 2 aromatic carbocycles. The molecule has 8 heteroatoms. The van der Waals surface area contributed by atoms with Gasteiger partial charge < -0.3 is 25.0 Å². The van der Waals surface area contributed by atoms with E-state index in [1.807, 2.05) is 12.1 Å². The minimum Gasteiger partial charge on any atom is -0.496 e. The number of hydrogen-bond donors (Lipinski definition) is 2. The minimum atomic E-state index is 0.248. The van der Waals surface area contributed by atoms with Crippen LogP contribution in [0.5, 0.6) is 11.5 Å². The molecule has 0 amide bonds. The Morgan fingerprint density at radius 1 is 1.11 bits per heavy atom. The maximum Gasteiger partial charge on any atom is 0.141 e. The van der Waals surface area contributed by atoms with E-state index >= 15 is 0 Å². The Morgan fingerprint density at radius 3 is 2.51 bits per heavy atom. The van der Waals surface area contributed by atoms with Gasteiger partial charge in [0.15, 0.2) is 0 Å². The molecule has 7 nitrogen and oxygen atoms in total. The van der Waals surface area contributed by atoms with Gasteiger partial charge >= 0.3 is 0 Å². The quantitative estimate of drug-likeness (QED) is 0.430. The van der Waals surface area contributed by atoms with Crippen LogP contribution in [0.2, 0.25) is 5.02 Å². The van der Waals surface area contributed by atoms with E-state index in [9.17, 15) is 0 Å². The molecule has 1 aliphatic rings. The molecule has 0 bridgehead atoms. The number of aromatic nitrogens is 2. The molecule has 4 rings (SSSR count). The van der Waals surface area contributed by atoms with Gasteiger partial charge in [-0.25, -0.2) is 0 Å². The van der Waals surface area contributed by atoms with E-state index in [0.717, 1.165) is 77.6 Å². The number of hydrogen-bond acceptors (Lipinski definition) is 6. The van der Waals surface area contributed by atoms with Crippen LogP contribution in [0.4, 0.5) is 11.4 Å². The van der Waals surface area contributed by atoms with E-state index in [-0.39, 0.29) is 5.92 Å². The predicted molar refractivity (Wildman–Crippen MR) is 144 cm³/mol. The van der Waals surface area contributed by atoms with Gasteiger partial charge in [0.05, 0.1) is 24.9 Å². The molecule has 188 valence electrons. The Bertz CT molecular complexity index is 1180. The maximum atomic E-state index is 6.78. The highest BCUT2D eigenvalue weighted by molar-refractivity contribution is 6.33. The first kappa shape index (κ1) is 25.2. The summed E-state index contributed by atoms with van der Waals surface area (Å²) in [5, 5.41) is 8.65. The van der Waals surface area contributed by atoms with Gasteiger partial charge in [0, 0.05) is 54.4 Å². The second kappa shape index (κ2) is 10.4. The highest BCUT2D eigenvalue weighted by Gasteiger charge is 2.30. The van der Waals surface area contributed by atoms with Crippen molar-refractivity contribution in [2.24, 2.45) is 0 Å². The van der Waals surface area contributed by atoms with Crippen molar-refractivity contribution in [3.05, 3.63) is 51.7 Å². The van der Waals surface area contributed by atoms with E-state index in [1.165, 1.54) is 5.56 Å². The lowest BCUT2D eigenvalue weighted by molar-refractivity contribution is 0.389. The van der Waals surface area contributed by atoms with E-state index in [0.29, 0.717) is 10.8 Å². The smallest absolute Gasteiger partial charge is 0.141 e. The molecule has 3 N–H and O–H groups in total. The number of anilines is 2. The molecule has 3 aromatic rings. The average Bonchev–Trinajstić information content (AvgIpc) is 3.26. The van der Waals surface area contributed by atoms with Gasteiger partial charge in [-0.1, -0.05) is 11.6 Å². The summed E-state index contributed by atoms with van der Waals surface area (Å²) in [5.74, 6) is 1.68. The van der Waals surface area contributed by atoms with Crippen LogP contribution >= 0.6 is 11.6 Å². The fourth-order valence-corrected chi connectivity index (χ4v) is 5.45. The number of H-pyrrole nitrogens is 1. The number of fused-ring (bicyclic) bond motifs is 1. The van der Waals surface area contributed by atoms with Crippen LogP contribution in [0.25, 0.3) is 11.3 Å². The van der Waals surface area contributed by atoms with Crippen LogP contribution in [0.1, 0.15) is 34.7 Å². The first-order valence-electron chi connectivity index (χ1n) is 12.0. The molecule has 0 saturated heterocycles. The summed E-state index contributed by atoms with van der Waals surface area (Å²) in [4.78, 5) is 4.40. The van der Waals surface area contributed by atoms with Gasteiger partial charge in [-0.3, -0.25) is 5.10 Å². The molecular weight excluding hydrogens is 462 g/mol. The third kappa shape index (κ3) is 4.93. The number of benzene rings is 2. The van der Waals surface area contributed by atoms with E-state index < -0.39 is 0 Å². The Labute approximate surface area is 213 Å². The summed E-state index contributed by atoms with van der Waals surface area (Å²) < 4.78 is 11.1. The lowest BCUT2D eigenvalue weighted by Gasteiger charge is -2.27. The monoisotopic (exact) mass is 497 g/mol. The largest absolute Gasteiger partial charge is 0.496 e. The highest BCUT2D eigenvalue weighted by Crippen LogP contribution is 2.45. The number of ether oxygens (including phenoxy) is 2. The number of likely N-dealkylation sites (N-methyl/N-ethyl adjacent to an activating group) is 2. The first-order chi connectivity index (χ1) is 16.7. The average molecular weight is 498 g/mol. The first-order valence-corrected chi connectivity index (χ1v) is 12.4. The normalized spacial score (nSPS) is 15.3.